The molecule has 0 spiro atoms. The van der Waals surface area contributed by atoms with Gasteiger partial charge in [0.1, 0.15) is 13.2 Å². The van der Waals surface area contributed by atoms with E-state index < -0.39 is 11.1 Å². The number of imide groups is 1. The number of halogens is 2. The number of benzene rings is 2. The van der Waals surface area contributed by atoms with Crippen molar-refractivity contribution in [3.8, 4) is 11.5 Å². The third-order valence-corrected chi connectivity index (χ3v) is 8.01. The number of hydrogen-bond donors (Lipinski definition) is 0. The predicted molar refractivity (Wildman–Crippen MR) is 154 cm³/mol. The molecule has 2 aromatic carbocycles. The summed E-state index contributed by atoms with van der Waals surface area (Å²) in [7, 11) is 0. The first kappa shape index (κ1) is 27.8. The highest BCUT2D eigenvalue weighted by molar-refractivity contribution is 14.1. The minimum atomic E-state index is -0.450. The number of amides is 3. The molecule has 0 radical (unpaired) electrons. The Bertz CT molecular complexity index is 1200. The van der Waals surface area contributed by atoms with E-state index in [4.69, 9.17) is 21.1 Å². The number of rotatable bonds is 8. The summed E-state index contributed by atoms with van der Waals surface area (Å²) in [5, 5.41) is 0.232. The molecule has 7 nitrogen and oxygen atoms in total. The molecule has 0 saturated carbocycles. The predicted octanol–water partition coefficient (Wildman–Crippen LogP) is 6.36. The maximum absolute atomic E-state index is 13.0. The van der Waals surface area contributed by atoms with E-state index in [2.05, 4.69) is 22.6 Å². The number of ether oxygens (including phenoxy) is 2. The zero-order valence-electron chi connectivity index (χ0n) is 20.5. The summed E-state index contributed by atoms with van der Waals surface area (Å²) in [6.45, 7) is 3.80. The van der Waals surface area contributed by atoms with Crippen molar-refractivity contribution in [1.29, 1.82) is 0 Å². The first-order valence-electron chi connectivity index (χ1n) is 12.2. The van der Waals surface area contributed by atoms with Crippen LogP contribution in [0.4, 0.5) is 4.79 Å². The summed E-state index contributed by atoms with van der Waals surface area (Å²) in [6, 6.07) is 11.1. The van der Waals surface area contributed by atoms with Gasteiger partial charge in [-0.2, -0.15) is 0 Å². The van der Waals surface area contributed by atoms with Gasteiger partial charge in [0.05, 0.1) is 15.1 Å². The number of hydrogen-bond acceptors (Lipinski definition) is 6. The summed E-state index contributed by atoms with van der Waals surface area (Å²) in [5.41, 5.74) is 1.67. The van der Waals surface area contributed by atoms with Gasteiger partial charge < -0.3 is 14.4 Å². The first-order valence-corrected chi connectivity index (χ1v) is 14.5. The molecule has 196 valence electrons. The lowest BCUT2D eigenvalue weighted by Crippen LogP contribution is -2.42. The van der Waals surface area contributed by atoms with Crippen molar-refractivity contribution in [2.45, 2.75) is 39.2 Å². The van der Waals surface area contributed by atoms with E-state index in [-0.39, 0.29) is 17.4 Å². The lowest BCUT2D eigenvalue weighted by molar-refractivity contribution is -0.135. The van der Waals surface area contributed by atoms with Crippen molar-refractivity contribution in [3.63, 3.8) is 0 Å². The molecule has 2 aliphatic heterocycles. The molecule has 0 aromatic heterocycles. The van der Waals surface area contributed by atoms with Crippen LogP contribution in [0.1, 0.15) is 43.7 Å². The molecule has 0 unspecified atom stereocenters. The fourth-order valence-corrected chi connectivity index (χ4v) is 5.90. The molecule has 0 bridgehead atoms. The first-order chi connectivity index (χ1) is 17.9. The molecule has 2 heterocycles. The zero-order valence-corrected chi connectivity index (χ0v) is 24.2. The molecular weight excluding hydrogens is 627 g/mol. The van der Waals surface area contributed by atoms with Crippen LogP contribution < -0.4 is 9.47 Å². The van der Waals surface area contributed by atoms with Crippen LogP contribution in [0.5, 0.6) is 11.5 Å². The van der Waals surface area contributed by atoms with Gasteiger partial charge in [0, 0.05) is 18.1 Å². The quantitative estimate of drug-likeness (QED) is 0.244. The number of thioether (sulfide) groups is 1. The van der Waals surface area contributed by atoms with Crippen LogP contribution in [-0.4, -0.2) is 53.1 Å². The largest absolute Gasteiger partial charge is 0.490 e. The van der Waals surface area contributed by atoms with E-state index in [1.165, 1.54) is 0 Å². The summed E-state index contributed by atoms with van der Waals surface area (Å²) in [6.07, 6.45) is 5.76. The molecule has 2 saturated heterocycles. The minimum Gasteiger partial charge on any atom is -0.490 e. The van der Waals surface area contributed by atoms with Crippen LogP contribution in [0.15, 0.2) is 41.3 Å². The van der Waals surface area contributed by atoms with Gasteiger partial charge in [-0.05, 0) is 95.6 Å². The molecule has 3 amide bonds. The van der Waals surface area contributed by atoms with Crippen LogP contribution >= 0.6 is 46.0 Å². The van der Waals surface area contributed by atoms with Crippen molar-refractivity contribution >= 4 is 69.1 Å². The van der Waals surface area contributed by atoms with Crippen LogP contribution in [-0.2, 0) is 16.2 Å². The lowest BCUT2D eigenvalue weighted by Gasteiger charge is -2.22. The van der Waals surface area contributed by atoms with Crippen LogP contribution in [0.3, 0.4) is 0 Å². The average molecular weight is 655 g/mol. The van der Waals surface area contributed by atoms with E-state index in [0.717, 1.165) is 51.5 Å². The van der Waals surface area contributed by atoms with E-state index >= 15 is 0 Å². The number of carbonyl (C=O) groups excluding carboxylic acids is 3. The fourth-order valence-electron chi connectivity index (χ4n) is 4.15. The van der Waals surface area contributed by atoms with Crippen molar-refractivity contribution in [3.05, 3.63) is 61.0 Å². The van der Waals surface area contributed by atoms with E-state index in [9.17, 15) is 14.4 Å². The van der Waals surface area contributed by atoms with Crippen molar-refractivity contribution < 1.29 is 23.9 Å². The van der Waals surface area contributed by atoms with E-state index in [1.54, 1.807) is 17.0 Å². The molecular formula is C27H28ClIN2O5S. The van der Waals surface area contributed by atoms with Gasteiger partial charge in [0.2, 0.25) is 5.91 Å². The monoisotopic (exact) mass is 654 g/mol. The summed E-state index contributed by atoms with van der Waals surface area (Å²) in [5.74, 6) is 0.519. The Kier molecular flexibility index (Phi) is 9.77. The molecule has 2 aliphatic rings. The normalized spacial score (nSPS) is 17.3. The summed E-state index contributed by atoms with van der Waals surface area (Å²) in [4.78, 5) is 41.5. The molecule has 0 aliphatic carbocycles. The Balaban J connectivity index is 1.49. The Morgan fingerprint density at radius 2 is 1.78 bits per heavy atom. The second-order valence-electron chi connectivity index (χ2n) is 8.74. The topological polar surface area (TPSA) is 76.2 Å². The van der Waals surface area contributed by atoms with Crippen LogP contribution in [0.25, 0.3) is 6.08 Å². The molecule has 2 fully saturated rings. The van der Waals surface area contributed by atoms with Gasteiger partial charge in [-0.1, -0.05) is 36.6 Å². The fraction of sp³-hybridized carbons (Fsp3) is 0.370. The van der Waals surface area contributed by atoms with Crippen LogP contribution in [0.2, 0.25) is 5.02 Å². The molecule has 10 heteroatoms. The lowest BCUT2D eigenvalue weighted by atomic mass is 10.1. The van der Waals surface area contributed by atoms with Gasteiger partial charge in [0.25, 0.3) is 11.1 Å². The molecule has 4 rings (SSSR count). The highest BCUT2D eigenvalue weighted by Gasteiger charge is 2.37. The van der Waals surface area contributed by atoms with Gasteiger partial charge >= 0.3 is 0 Å². The number of nitrogens with zero attached hydrogens (tertiary/aromatic N) is 2. The molecule has 37 heavy (non-hydrogen) atoms. The van der Waals surface area contributed by atoms with Crippen molar-refractivity contribution in [2.24, 2.45) is 0 Å². The maximum Gasteiger partial charge on any atom is 0.294 e. The second-order valence-corrected chi connectivity index (χ2v) is 11.3. The van der Waals surface area contributed by atoms with E-state index in [1.807, 2.05) is 37.3 Å². The Hall–Kier alpha value is -2.24. The van der Waals surface area contributed by atoms with Gasteiger partial charge in [0.15, 0.2) is 11.5 Å². The number of likely N-dealkylation sites (tertiary alicyclic amines) is 1. The summed E-state index contributed by atoms with van der Waals surface area (Å²) >= 11 is 8.98. The maximum atomic E-state index is 13.0. The second kappa shape index (κ2) is 13.0. The highest BCUT2D eigenvalue weighted by Crippen LogP contribution is 2.38. The Morgan fingerprint density at radius 1 is 1.08 bits per heavy atom. The van der Waals surface area contributed by atoms with Gasteiger partial charge in [-0.25, -0.2) is 0 Å². The third kappa shape index (κ3) is 7.20. The standard InChI is InChI=1S/C27H28ClIN2O5S/c1-2-35-22-14-19(13-21(29)25(22)36-17-18-7-9-20(28)10-8-18)15-23-26(33)31(27(34)37-23)16-24(32)30-11-5-3-4-6-12-30/h7-10,13-15H,2-6,11-12,16-17H2,1H3. The summed E-state index contributed by atoms with van der Waals surface area (Å²) < 4.78 is 12.7. The third-order valence-electron chi connectivity index (χ3n) is 6.05. The zero-order chi connectivity index (χ0) is 26.4. The Morgan fingerprint density at radius 3 is 2.46 bits per heavy atom. The van der Waals surface area contributed by atoms with Gasteiger partial charge in [-0.15, -0.1) is 0 Å². The average Bonchev–Trinajstić information content (AvgIpc) is 3.05. The van der Waals surface area contributed by atoms with Gasteiger partial charge in [-0.3, -0.25) is 19.3 Å². The van der Waals surface area contributed by atoms with E-state index in [0.29, 0.717) is 48.4 Å². The molecule has 0 atom stereocenters. The Labute approximate surface area is 239 Å². The van der Waals surface area contributed by atoms with Crippen LogP contribution in [0, 0.1) is 3.57 Å². The van der Waals surface area contributed by atoms with Crippen molar-refractivity contribution in [1.82, 2.24) is 9.80 Å². The minimum absolute atomic E-state index is 0.180. The number of carbonyl (C=O) groups is 3. The SMILES string of the molecule is CCOc1cc(C=C2SC(=O)N(CC(=O)N3CCCCCC3)C2=O)cc(I)c1OCc1ccc(Cl)cc1. The smallest absolute Gasteiger partial charge is 0.294 e. The molecule has 2 aromatic rings. The van der Waals surface area contributed by atoms with Crippen molar-refractivity contribution in [2.75, 3.05) is 26.2 Å². The highest BCUT2D eigenvalue weighted by atomic mass is 127. The molecule has 0 N–H and O–H groups in total.